The van der Waals surface area contributed by atoms with E-state index in [1.165, 1.54) is 0 Å². The standard InChI is InChI=1S/C19H16Cl4N2S2.C2H2O4/c20-15-3-1-4-16(21)13(15)10-26-19(9-25-8-7-24-12-25)27-11-14-17(22)5-2-6-18(14)23;3-1(4)2(5)6/h1-8,12,19H,9-11H2;(H,3,4)(H,5,6). The molecule has 33 heavy (non-hydrogen) atoms. The number of carbonyl (C=O) groups is 2. The fraction of sp³-hybridized carbons (Fsp3) is 0.190. The smallest absolute Gasteiger partial charge is 0.414 e. The summed E-state index contributed by atoms with van der Waals surface area (Å²) < 4.78 is 2.31. The number of imidazole rings is 1. The van der Waals surface area contributed by atoms with Crippen molar-refractivity contribution in [2.45, 2.75) is 22.6 Å². The number of halogens is 4. The Bertz CT molecular complexity index is 976. The molecule has 0 aliphatic heterocycles. The van der Waals surface area contributed by atoms with Crippen LogP contribution in [0.3, 0.4) is 0 Å². The maximum absolute atomic E-state index is 9.10. The van der Waals surface area contributed by atoms with Gasteiger partial charge in [0.1, 0.15) is 0 Å². The van der Waals surface area contributed by atoms with Crippen LogP contribution < -0.4 is 0 Å². The van der Waals surface area contributed by atoms with Crippen molar-refractivity contribution in [1.29, 1.82) is 0 Å². The summed E-state index contributed by atoms with van der Waals surface area (Å²) in [4.78, 5) is 22.3. The summed E-state index contributed by atoms with van der Waals surface area (Å²) in [7, 11) is 0. The minimum atomic E-state index is -1.82. The average Bonchev–Trinajstić information content (AvgIpc) is 3.26. The summed E-state index contributed by atoms with van der Waals surface area (Å²) in [6.45, 7) is 0.805. The Kier molecular flexibility index (Phi) is 11.7. The van der Waals surface area contributed by atoms with E-state index in [9.17, 15) is 0 Å². The Morgan fingerprint density at radius 2 is 1.27 bits per heavy atom. The molecular formula is C21H18Cl4N2O4S2. The van der Waals surface area contributed by atoms with Gasteiger partial charge in [0.05, 0.1) is 10.9 Å². The highest BCUT2D eigenvalue weighted by Gasteiger charge is 2.16. The summed E-state index contributed by atoms with van der Waals surface area (Å²) in [5, 5.41) is 17.5. The highest BCUT2D eigenvalue weighted by Crippen LogP contribution is 2.37. The monoisotopic (exact) mass is 566 g/mol. The number of aromatic nitrogens is 2. The van der Waals surface area contributed by atoms with Crippen molar-refractivity contribution in [3.8, 4) is 0 Å². The number of benzene rings is 2. The van der Waals surface area contributed by atoms with Crippen molar-refractivity contribution in [2.75, 3.05) is 0 Å². The van der Waals surface area contributed by atoms with E-state index in [0.29, 0.717) is 20.1 Å². The Morgan fingerprint density at radius 3 is 1.61 bits per heavy atom. The van der Waals surface area contributed by atoms with Crippen molar-refractivity contribution < 1.29 is 19.8 Å². The lowest BCUT2D eigenvalue weighted by Gasteiger charge is -2.18. The van der Waals surface area contributed by atoms with Gasteiger partial charge in [0.2, 0.25) is 0 Å². The second-order valence-corrected chi connectivity index (χ2v) is 10.6. The zero-order valence-electron chi connectivity index (χ0n) is 16.8. The van der Waals surface area contributed by atoms with Crippen LogP contribution in [0.25, 0.3) is 0 Å². The third-order valence-electron chi connectivity index (χ3n) is 4.05. The van der Waals surface area contributed by atoms with Crippen LogP contribution in [0, 0.1) is 0 Å². The second-order valence-electron chi connectivity index (χ2n) is 6.32. The van der Waals surface area contributed by atoms with Gasteiger partial charge in [-0.15, -0.1) is 23.5 Å². The van der Waals surface area contributed by atoms with E-state index in [0.717, 1.165) is 29.2 Å². The first-order chi connectivity index (χ1) is 15.7. The number of carboxylic acid groups (broad SMARTS) is 2. The lowest BCUT2D eigenvalue weighted by Crippen LogP contribution is -2.09. The van der Waals surface area contributed by atoms with Crippen molar-refractivity contribution >= 4 is 81.9 Å². The van der Waals surface area contributed by atoms with Crippen LogP contribution in [-0.2, 0) is 27.6 Å². The number of hydrogen-bond donors (Lipinski definition) is 2. The molecule has 2 N–H and O–H groups in total. The van der Waals surface area contributed by atoms with Gasteiger partial charge in [0.15, 0.2) is 0 Å². The van der Waals surface area contributed by atoms with Crippen LogP contribution in [0.5, 0.6) is 0 Å². The summed E-state index contributed by atoms with van der Waals surface area (Å²) in [6.07, 6.45) is 5.56. The molecule has 0 fully saturated rings. The SMILES string of the molecule is Clc1cccc(Cl)c1CSC(Cn1ccnc1)SCc1c(Cl)cccc1Cl.O=C(O)C(=O)O. The van der Waals surface area contributed by atoms with Crippen LogP contribution in [0.4, 0.5) is 0 Å². The third kappa shape index (κ3) is 9.31. The largest absolute Gasteiger partial charge is 0.473 e. The molecule has 12 heteroatoms. The van der Waals surface area contributed by atoms with Gasteiger partial charge in [-0.2, -0.15) is 0 Å². The molecule has 0 unspecified atom stereocenters. The summed E-state index contributed by atoms with van der Waals surface area (Å²) in [5.41, 5.74) is 1.91. The maximum atomic E-state index is 9.10. The van der Waals surface area contributed by atoms with Crippen LogP contribution in [0.1, 0.15) is 11.1 Å². The highest BCUT2D eigenvalue weighted by molar-refractivity contribution is 8.16. The molecule has 2 aromatic carbocycles. The van der Waals surface area contributed by atoms with Crippen molar-refractivity contribution in [2.24, 2.45) is 0 Å². The Morgan fingerprint density at radius 1 is 0.848 bits per heavy atom. The molecule has 6 nitrogen and oxygen atoms in total. The Hall–Kier alpha value is -1.55. The van der Waals surface area contributed by atoms with Crippen LogP contribution in [0.2, 0.25) is 20.1 Å². The van der Waals surface area contributed by atoms with Crippen molar-refractivity contribution in [3.63, 3.8) is 0 Å². The molecule has 0 spiro atoms. The van der Waals surface area contributed by atoms with E-state index in [1.54, 1.807) is 29.7 Å². The molecule has 0 bridgehead atoms. The van der Waals surface area contributed by atoms with E-state index in [-0.39, 0.29) is 4.58 Å². The minimum absolute atomic E-state index is 0.249. The van der Waals surface area contributed by atoms with Gasteiger partial charge in [-0.3, -0.25) is 0 Å². The molecule has 0 saturated carbocycles. The first-order valence-corrected chi connectivity index (χ1v) is 12.8. The van der Waals surface area contributed by atoms with Gasteiger partial charge in [-0.05, 0) is 35.4 Å². The molecule has 1 aromatic heterocycles. The maximum Gasteiger partial charge on any atom is 0.414 e. The van der Waals surface area contributed by atoms with Gasteiger partial charge >= 0.3 is 11.9 Å². The molecule has 3 rings (SSSR count). The van der Waals surface area contributed by atoms with Gasteiger partial charge in [0.25, 0.3) is 0 Å². The van der Waals surface area contributed by atoms with E-state index in [4.69, 9.17) is 66.2 Å². The van der Waals surface area contributed by atoms with Crippen LogP contribution >= 0.6 is 69.9 Å². The van der Waals surface area contributed by atoms with Gasteiger partial charge < -0.3 is 14.8 Å². The lowest BCUT2D eigenvalue weighted by atomic mass is 10.2. The third-order valence-corrected chi connectivity index (χ3v) is 8.24. The van der Waals surface area contributed by atoms with E-state index < -0.39 is 11.9 Å². The normalized spacial score (nSPS) is 10.6. The predicted molar refractivity (Wildman–Crippen MR) is 137 cm³/mol. The zero-order valence-corrected chi connectivity index (χ0v) is 21.5. The molecule has 1 heterocycles. The average molecular weight is 568 g/mol. The first-order valence-electron chi connectivity index (χ1n) is 9.20. The Labute approximate surface area is 219 Å². The number of rotatable bonds is 8. The molecule has 0 amide bonds. The van der Waals surface area contributed by atoms with Gasteiger partial charge in [-0.1, -0.05) is 58.5 Å². The number of hydrogen-bond acceptors (Lipinski definition) is 5. The number of nitrogens with zero attached hydrogens (tertiary/aromatic N) is 2. The molecule has 0 aliphatic carbocycles. The van der Waals surface area contributed by atoms with Gasteiger partial charge in [0, 0.05) is 50.5 Å². The van der Waals surface area contributed by atoms with E-state index >= 15 is 0 Å². The number of aliphatic carboxylic acids is 2. The summed E-state index contributed by atoms with van der Waals surface area (Å²) in [5.74, 6) is -2.20. The molecule has 0 aliphatic rings. The topological polar surface area (TPSA) is 92.4 Å². The van der Waals surface area contributed by atoms with Crippen LogP contribution in [-0.4, -0.2) is 36.3 Å². The van der Waals surface area contributed by atoms with Crippen molar-refractivity contribution in [3.05, 3.63) is 86.3 Å². The fourth-order valence-electron chi connectivity index (χ4n) is 2.41. The van der Waals surface area contributed by atoms with E-state index in [2.05, 4.69) is 9.55 Å². The van der Waals surface area contributed by atoms with Gasteiger partial charge in [-0.25, -0.2) is 14.6 Å². The summed E-state index contributed by atoms with van der Waals surface area (Å²) >= 11 is 28.8. The molecule has 0 atom stereocenters. The first kappa shape index (κ1) is 27.7. The second kappa shape index (κ2) is 14.0. The molecule has 0 saturated heterocycles. The number of thioether (sulfide) groups is 2. The Balaban J connectivity index is 0.000000569. The molecular weight excluding hydrogens is 550 g/mol. The molecule has 0 radical (unpaired) electrons. The highest BCUT2D eigenvalue weighted by atomic mass is 35.5. The molecule has 176 valence electrons. The summed E-state index contributed by atoms with van der Waals surface area (Å²) in [6, 6.07) is 11.2. The quantitative estimate of drug-likeness (QED) is 0.227. The number of carboxylic acids is 2. The fourth-order valence-corrected chi connectivity index (χ4v) is 6.47. The zero-order chi connectivity index (χ0) is 24.4. The van der Waals surface area contributed by atoms with Crippen molar-refractivity contribution in [1.82, 2.24) is 9.55 Å². The predicted octanol–water partition coefficient (Wildman–Crippen LogP) is 6.85. The lowest BCUT2D eigenvalue weighted by molar-refractivity contribution is -0.159. The minimum Gasteiger partial charge on any atom is -0.473 e. The van der Waals surface area contributed by atoms with Crippen LogP contribution in [0.15, 0.2) is 55.1 Å². The molecule has 3 aromatic rings. The van der Waals surface area contributed by atoms with E-state index in [1.807, 2.05) is 48.9 Å².